The summed E-state index contributed by atoms with van der Waals surface area (Å²) in [6.45, 7) is 0. The van der Waals surface area contributed by atoms with Crippen LogP contribution in [0.4, 0.5) is 0 Å². The lowest BCUT2D eigenvalue weighted by atomic mass is 9.65. The molecule has 0 fully saturated rings. The third-order valence-electron chi connectivity index (χ3n) is 13.3. The molecule has 1 aliphatic carbocycles. The number of fused-ring (bicyclic) bond motifs is 12. The van der Waals surface area contributed by atoms with Gasteiger partial charge >= 0.3 is 0 Å². The largest absolute Gasteiger partial charge is 0.309 e. The molecule has 0 saturated heterocycles. The van der Waals surface area contributed by atoms with Gasteiger partial charge in [-0.1, -0.05) is 200 Å². The standard InChI is InChI=1S/C59H37N3/c1-3-16-39(17-4-1)43-20-7-8-23-47(43)58-60-53(40-18-5-2-6-19-40)37-54(61-58)41-32-30-38(31-33-41)42-34-35-55-48(36-42)46-24-15-28-52-57(46)62(55)56-29-14-13-27-51(56)59(52)49-25-11-9-21-44(49)45-22-10-12-26-50(45)59/h1-37H. The smallest absolute Gasteiger partial charge is 0.161 e. The number of nitrogens with zero attached hydrogens (tertiary/aromatic N) is 3. The van der Waals surface area contributed by atoms with Gasteiger partial charge in [0, 0.05) is 27.5 Å². The van der Waals surface area contributed by atoms with E-state index in [1.54, 1.807) is 0 Å². The molecule has 3 heterocycles. The molecule has 0 saturated carbocycles. The summed E-state index contributed by atoms with van der Waals surface area (Å²) in [5.41, 5.74) is 20.8. The van der Waals surface area contributed by atoms with Crippen LogP contribution in [0.1, 0.15) is 22.3 Å². The van der Waals surface area contributed by atoms with Crippen LogP contribution >= 0.6 is 0 Å². The van der Waals surface area contributed by atoms with E-state index in [0.717, 1.165) is 44.8 Å². The van der Waals surface area contributed by atoms with Crippen molar-refractivity contribution in [3.05, 3.63) is 247 Å². The highest BCUT2D eigenvalue weighted by Gasteiger charge is 2.50. The molecule has 3 nitrogen and oxygen atoms in total. The van der Waals surface area contributed by atoms with Crippen molar-refractivity contribution < 1.29 is 0 Å². The summed E-state index contributed by atoms with van der Waals surface area (Å²) in [7, 11) is 0. The minimum Gasteiger partial charge on any atom is -0.309 e. The molecule has 0 N–H and O–H groups in total. The minimum absolute atomic E-state index is 0.419. The lowest BCUT2D eigenvalue weighted by molar-refractivity contribution is 0.748. The molecule has 13 rings (SSSR count). The maximum absolute atomic E-state index is 5.25. The first-order valence-corrected chi connectivity index (χ1v) is 21.3. The molecule has 62 heavy (non-hydrogen) atoms. The summed E-state index contributed by atoms with van der Waals surface area (Å²) >= 11 is 0. The summed E-state index contributed by atoms with van der Waals surface area (Å²) in [4.78, 5) is 10.4. The molecule has 3 heteroatoms. The van der Waals surface area contributed by atoms with Crippen LogP contribution in [-0.2, 0) is 5.41 Å². The van der Waals surface area contributed by atoms with Gasteiger partial charge in [-0.2, -0.15) is 0 Å². The van der Waals surface area contributed by atoms with E-state index in [1.165, 1.54) is 66.4 Å². The lowest BCUT2D eigenvalue weighted by Crippen LogP contribution is -2.33. The van der Waals surface area contributed by atoms with Gasteiger partial charge in [0.15, 0.2) is 5.82 Å². The molecule has 0 radical (unpaired) electrons. The highest BCUT2D eigenvalue weighted by molar-refractivity contribution is 6.13. The molecule has 1 aliphatic heterocycles. The normalized spacial score (nSPS) is 13.0. The molecular weight excluding hydrogens is 751 g/mol. The summed E-state index contributed by atoms with van der Waals surface area (Å²) in [6.07, 6.45) is 0. The van der Waals surface area contributed by atoms with Crippen LogP contribution in [0, 0.1) is 0 Å². The average molecular weight is 788 g/mol. The Morgan fingerprint density at radius 3 is 1.53 bits per heavy atom. The fraction of sp³-hybridized carbons (Fsp3) is 0.0169. The van der Waals surface area contributed by atoms with Crippen molar-refractivity contribution in [1.82, 2.24) is 14.5 Å². The third-order valence-corrected chi connectivity index (χ3v) is 13.3. The number of hydrogen-bond acceptors (Lipinski definition) is 2. The van der Waals surface area contributed by atoms with E-state index < -0.39 is 5.41 Å². The van der Waals surface area contributed by atoms with Gasteiger partial charge in [-0.05, 0) is 79.9 Å². The van der Waals surface area contributed by atoms with E-state index in [4.69, 9.17) is 9.97 Å². The second-order valence-corrected chi connectivity index (χ2v) is 16.4. The fourth-order valence-electron chi connectivity index (χ4n) is 10.6. The van der Waals surface area contributed by atoms with E-state index in [0.29, 0.717) is 5.82 Å². The Labute approximate surface area is 359 Å². The zero-order valence-corrected chi connectivity index (χ0v) is 33.7. The number of aromatic nitrogens is 3. The third kappa shape index (κ3) is 4.94. The van der Waals surface area contributed by atoms with E-state index in [2.05, 4.69) is 217 Å². The Kier molecular flexibility index (Phi) is 7.52. The van der Waals surface area contributed by atoms with Crippen molar-refractivity contribution in [2.45, 2.75) is 5.41 Å². The molecule has 288 valence electrons. The van der Waals surface area contributed by atoms with Gasteiger partial charge in [0.2, 0.25) is 0 Å². The minimum atomic E-state index is -0.419. The van der Waals surface area contributed by atoms with Gasteiger partial charge in [0.1, 0.15) is 0 Å². The monoisotopic (exact) mass is 787 g/mol. The van der Waals surface area contributed by atoms with Crippen LogP contribution in [0.5, 0.6) is 0 Å². The number of hydrogen-bond donors (Lipinski definition) is 0. The number of benzene rings is 9. The first-order valence-electron chi connectivity index (χ1n) is 21.3. The molecule has 0 unspecified atom stereocenters. The molecule has 0 atom stereocenters. The predicted molar refractivity (Wildman–Crippen MR) is 254 cm³/mol. The van der Waals surface area contributed by atoms with Crippen molar-refractivity contribution in [1.29, 1.82) is 0 Å². The van der Waals surface area contributed by atoms with Gasteiger partial charge in [-0.3, -0.25) is 0 Å². The van der Waals surface area contributed by atoms with Gasteiger partial charge < -0.3 is 4.57 Å². The highest BCUT2D eigenvalue weighted by atomic mass is 15.0. The van der Waals surface area contributed by atoms with E-state index in [1.807, 2.05) is 12.1 Å². The summed E-state index contributed by atoms with van der Waals surface area (Å²) in [6, 6.07) is 81.3. The van der Waals surface area contributed by atoms with Gasteiger partial charge in [-0.25, -0.2) is 9.97 Å². The van der Waals surface area contributed by atoms with Crippen molar-refractivity contribution in [3.63, 3.8) is 0 Å². The van der Waals surface area contributed by atoms with Gasteiger partial charge in [0.25, 0.3) is 0 Å². The van der Waals surface area contributed by atoms with Crippen molar-refractivity contribution in [3.8, 4) is 73.0 Å². The highest BCUT2D eigenvalue weighted by Crippen LogP contribution is 2.61. The van der Waals surface area contributed by atoms with Crippen molar-refractivity contribution >= 4 is 21.8 Å². The predicted octanol–water partition coefficient (Wildman–Crippen LogP) is 14.6. The van der Waals surface area contributed by atoms with Gasteiger partial charge in [-0.15, -0.1) is 0 Å². The fourth-order valence-corrected chi connectivity index (χ4v) is 10.6. The SMILES string of the molecule is c1ccc(-c2cc(-c3ccc(-c4ccc5c(c4)c4cccc6c4n5-c4ccccc4C64c5ccccc5-c5ccccc54)cc3)nc(-c3ccccc3-c3ccccc3)n2)cc1. The summed E-state index contributed by atoms with van der Waals surface area (Å²) in [5, 5.41) is 2.52. The molecule has 11 aromatic rings. The molecule has 2 aromatic heterocycles. The molecule has 1 spiro atoms. The summed E-state index contributed by atoms with van der Waals surface area (Å²) in [5.74, 6) is 0.705. The first kappa shape index (κ1) is 34.7. The molecule has 0 amide bonds. The summed E-state index contributed by atoms with van der Waals surface area (Å²) < 4.78 is 2.52. The van der Waals surface area contributed by atoms with Crippen LogP contribution < -0.4 is 0 Å². The van der Waals surface area contributed by atoms with Crippen LogP contribution in [0.2, 0.25) is 0 Å². The Morgan fingerprint density at radius 1 is 0.323 bits per heavy atom. The quantitative estimate of drug-likeness (QED) is 0.174. The Morgan fingerprint density at radius 2 is 0.839 bits per heavy atom. The van der Waals surface area contributed by atoms with Crippen LogP contribution in [0.15, 0.2) is 224 Å². The Hall–Kier alpha value is -8.14. The van der Waals surface area contributed by atoms with Gasteiger partial charge in [0.05, 0.1) is 33.5 Å². The van der Waals surface area contributed by atoms with Crippen molar-refractivity contribution in [2.75, 3.05) is 0 Å². The molecule has 0 bridgehead atoms. The maximum atomic E-state index is 5.25. The zero-order valence-electron chi connectivity index (χ0n) is 33.7. The maximum Gasteiger partial charge on any atom is 0.161 e. The molecular formula is C59H37N3. The topological polar surface area (TPSA) is 30.7 Å². The average Bonchev–Trinajstić information content (AvgIpc) is 3.85. The number of rotatable bonds is 5. The van der Waals surface area contributed by atoms with Crippen LogP contribution in [-0.4, -0.2) is 14.5 Å². The number of para-hydroxylation sites is 2. The van der Waals surface area contributed by atoms with E-state index >= 15 is 0 Å². The lowest BCUT2D eigenvalue weighted by Gasteiger charge is -2.39. The Balaban J connectivity index is 0.951. The first-order chi connectivity index (χ1) is 30.8. The van der Waals surface area contributed by atoms with E-state index in [9.17, 15) is 0 Å². The van der Waals surface area contributed by atoms with Crippen molar-refractivity contribution in [2.24, 2.45) is 0 Å². The Bertz CT molecular complexity index is 3520. The molecule has 2 aliphatic rings. The van der Waals surface area contributed by atoms with Crippen LogP contribution in [0.3, 0.4) is 0 Å². The van der Waals surface area contributed by atoms with Crippen LogP contribution in [0.25, 0.3) is 94.8 Å². The molecule has 9 aromatic carbocycles. The second kappa shape index (κ2) is 13.4. The van der Waals surface area contributed by atoms with E-state index in [-0.39, 0.29) is 0 Å². The zero-order chi connectivity index (χ0) is 40.8. The second-order valence-electron chi connectivity index (χ2n) is 16.4.